The summed E-state index contributed by atoms with van der Waals surface area (Å²) in [4.78, 5) is 17.1. The van der Waals surface area contributed by atoms with Gasteiger partial charge in [0.15, 0.2) is 0 Å². The van der Waals surface area contributed by atoms with Crippen LogP contribution in [0.5, 0.6) is 5.75 Å². The minimum absolute atomic E-state index is 0. The first-order valence-electron chi connectivity index (χ1n) is 11.8. The molecule has 0 aliphatic carbocycles. The van der Waals surface area contributed by atoms with Crippen molar-refractivity contribution in [1.29, 1.82) is 0 Å². The molecule has 0 saturated carbocycles. The summed E-state index contributed by atoms with van der Waals surface area (Å²) in [7, 11) is 1.55. The van der Waals surface area contributed by atoms with Crippen LogP contribution < -0.4 is 28.7 Å². The van der Waals surface area contributed by atoms with Crippen LogP contribution in [0.2, 0.25) is 10.0 Å². The third-order valence-electron chi connectivity index (χ3n) is 6.40. The molecule has 1 unspecified atom stereocenters. The fourth-order valence-corrected chi connectivity index (χ4v) is 5.20. The van der Waals surface area contributed by atoms with Crippen molar-refractivity contribution < 1.29 is 37.9 Å². The summed E-state index contributed by atoms with van der Waals surface area (Å²) in [5, 5.41) is 13.0. The maximum absolute atomic E-state index is 15.1. The second kappa shape index (κ2) is 12.4. The first-order valence-corrected chi connectivity index (χ1v) is 12.5. The van der Waals surface area contributed by atoms with Crippen LogP contribution in [-0.4, -0.2) is 22.6 Å². The molecule has 1 heterocycles. The molecule has 9 heteroatoms. The van der Waals surface area contributed by atoms with Crippen molar-refractivity contribution in [1.82, 2.24) is 9.55 Å². The fraction of sp³-hybridized carbons (Fsp3) is 0.241. The number of imidazole rings is 1. The van der Waals surface area contributed by atoms with E-state index < -0.39 is 17.7 Å². The maximum Gasteiger partial charge on any atom is 1.00 e. The quantitative estimate of drug-likeness (QED) is 0.316. The Morgan fingerprint density at radius 3 is 2.45 bits per heavy atom. The smallest absolute Gasteiger partial charge is 0.543 e. The van der Waals surface area contributed by atoms with Gasteiger partial charge in [0.1, 0.15) is 23.1 Å². The van der Waals surface area contributed by atoms with Crippen molar-refractivity contribution in [2.45, 2.75) is 39.2 Å². The van der Waals surface area contributed by atoms with Crippen molar-refractivity contribution in [3.63, 3.8) is 0 Å². The zero-order valence-corrected chi connectivity index (χ0v) is 23.4. The number of aromatic nitrogens is 2. The van der Waals surface area contributed by atoms with Crippen LogP contribution in [0.1, 0.15) is 58.7 Å². The Bertz CT molecular complexity index is 1470. The van der Waals surface area contributed by atoms with E-state index in [2.05, 4.69) is 4.98 Å². The molecule has 0 fully saturated rings. The molecule has 0 spiro atoms. The second-order valence-electron chi connectivity index (χ2n) is 9.09. The number of hydrogen-bond acceptors (Lipinski definition) is 4. The van der Waals surface area contributed by atoms with Crippen molar-refractivity contribution in [2.75, 3.05) is 7.11 Å². The van der Waals surface area contributed by atoms with Gasteiger partial charge in [0.2, 0.25) is 0 Å². The summed E-state index contributed by atoms with van der Waals surface area (Å²) in [6, 6.07) is 17.2. The van der Waals surface area contributed by atoms with E-state index in [4.69, 9.17) is 27.9 Å². The molecule has 4 aromatic rings. The standard InChI is InChI=1S/C29H27Cl2FN2O3.Li/c1-16(2)34-27(26(29(35)36)33-28(34)21-9-5-6-11-24(21)37-4)22(20-13-12-19(30)14-17(20)3)15-18-8-7-10-23(31)25(18)32;/h5-14,16,22H,15H2,1-4H3,(H,35,36);/q;+1/p-1. The molecule has 5 nitrogen and oxygen atoms in total. The van der Waals surface area contributed by atoms with Gasteiger partial charge in [0.25, 0.3) is 0 Å². The van der Waals surface area contributed by atoms with Crippen LogP contribution in [0, 0.1) is 12.7 Å². The van der Waals surface area contributed by atoms with Crippen LogP contribution in [0.4, 0.5) is 4.39 Å². The average molecular weight is 547 g/mol. The van der Waals surface area contributed by atoms with E-state index in [1.807, 2.05) is 49.6 Å². The topological polar surface area (TPSA) is 67.2 Å². The van der Waals surface area contributed by atoms with Gasteiger partial charge in [-0.25, -0.2) is 9.37 Å². The summed E-state index contributed by atoms with van der Waals surface area (Å²) >= 11 is 12.3. The third kappa shape index (κ3) is 5.79. The number of nitrogens with zero attached hydrogens (tertiary/aromatic N) is 2. The van der Waals surface area contributed by atoms with Crippen LogP contribution in [0.25, 0.3) is 11.4 Å². The molecule has 38 heavy (non-hydrogen) atoms. The minimum atomic E-state index is -1.42. The van der Waals surface area contributed by atoms with Gasteiger partial charge in [0.05, 0.1) is 29.4 Å². The van der Waals surface area contributed by atoms with E-state index in [1.54, 1.807) is 37.4 Å². The van der Waals surface area contributed by atoms with E-state index in [0.717, 1.165) is 11.1 Å². The number of halogens is 3. The molecule has 3 aromatic carbocycles. The van der Waals surface area contributed by atoms with E-state index in [0.29, 0.717) is 33.4 Å². The Kier molecular flexibility index (Phi) is 9.73. The number of rotatable bonds is 8. The summed E-state index contributed by atoms with van der Waals surface area (Å²) in [5.74, 6) is -1.60. The van der Waals surface area contributed by atoms with Crippen molar-refractivity contribution in [2.24, 2.45) is 0 Å². The summed E-state index contributed by atoms with van der Waals surface area (Å²) in [5.41, 5.74) is 2.80. The number of carbonyl (C=O) groups excluding carboxylic acids is 1. The monoisotopic (exact) mass is 546 g/mol. The summed E-state index contributed by atoms with van der Waals surface area (Å²) in [6.07, 6.45) is 0.138. The normalized spacial score (nSPS) is 11.8. The number of carboxylic acids is 1. The Morgan fingerprint density at radius 2 is 1.82 bits per heavy atom. The number of carbonyl (C=O) groups is 1. The molecule has 0 saturated heterocycles. The third-order valence-corrected chi connectivity index (χ3v) is 6.93. The Hall–Kier alpha value is -2.75. The van der Waals surface area contributed by atoms with Crippen LogP contribution >= 0.6 is 23.2 Å². The summed E-state index contributed by atoms with van der Waals surface area (Å²) < 4.78 is 22.5. The first-order chi connectivity index (χ1) is 17.6. The second-order valence-corrected chi connectivity index (χ2v) is 9.93. The van der Waals surface area contributed by atoms with Gasteiger partial charge in [-0.05, 0) is 74.2 Å². The Morgan fingerprint density at radius 1 is 1.11 bits per heavy atom. The Balaban J connectivity index is 0.00000400. The number of ether oxygens (including phenoxy) is 1. The largest absolute Gasteiger partial charge is 1.00 e. The van der Waals surface area contributed by atoms with Gasteiger partial charge >= 0.3 is 18.9 Å². The number of para-hydroxylation sites is 1. The van der Waals surface area contributed by atoms with E-state index in [9.17, 15) is 9.90 Å². The number of aromatic carboxylic acids is 1. The van der Waals surface area contributed by atoms with Crippen molar-refractivity contribution >= 4 is 29.2 Å². The van der Waals surface area contributed by atoms with Crippen LogP contribution in [-0.2, 0) is 6.42 Å². The number of carboxylic acid groups (broad SMARTS) is 1. The predicted molar refractivity (Wildman–Crippen MR) is 142 cm³/mol. The number of benzene rings is 3. The molecular weight excluding hydrogens is 521 g/mol. The van der Waals surface area contributed by atoms with Crippen LogP contribution in [0.3, 0.4) is 0 Å². The first kappa shape index (κ1) is 29.8. The molecule has 4 rings (SSSR count). The predicted octanol–water partition coefficient (Wildman–Crippen LogP) is 3.64. The maximum atomic E-state index is 15.1. The number of hydrogen-bond donors (Lipinski definition) is 0. The molecule has 0 bridgehead atoms. The van der Waals surface area contributed by atoms with Gasteiger partial charge < -0.3 is 19.2 Å². The minimum Gasteiger partial charge on any atom is -0.543 e. The molecule has 0 radical (unpaired) electrons. The SMILES string of the molecule is COc1ccccc1-c1nc(C(=O)[O-])c(C(Cc2cccc(Cl)c2F)c2ccc(Cl)cc2C)n1C(C)C.[Li+]. The van der Waals surface area contributed by atoms with E-state index in [1.165, 1.54) is 6.07 Å². The number of methoxy groups -OCH3 is 1. The Labute approximate surface area is 243 Å². The zero-order chi connectivity index (χ0) is 26.9. The molecule has 0 amide bonds. The fourth-order valence-electron chi connectivity index (χ4n) is 4.78. The van der Waals surface area contributed by atoms with Gasteiger partial charge in [-0.3, -0.25) is 0 Å². The van der Waals surface area contributed by atoms with Gasteiger partial charge in [-0.1, -0.05) is 53.5 Å². The van der Waals surface area contributed by atoms with Crippen LogP contribution in [0.15, 0.2) is 60.7 Å². The zero-order valence-electron chi connectivity index (χ0n) is 21.9. The van der Waals surface area contributed by atoms with Gasteiger partial charge in [-0.2, -0.15) is 0 Å². The van der Waals surface area contributed by atoms with Gasteiger partial charge in [-0.15, -0.1) is 0 Å². The molecule has 192 valence electrons. The van der Waals surface area contributed by atoms with Crippen molar-refractivity contribution in [3.05, 3.63) is 105 Å². The molecule has 0 aliphatic rings. The summed E-state index contributed by atoms with van der Waals surface area (Å²) in [6.45, 7) is 5.77. The molecular formula is C29H26Cl2FLiN2O3. The number of aryl methyl sites for hydroxylation is 1. The van der Waals surface area contributed by atoms with E-state index in [-0.39, 0.29) is 42.0 Å². The molecule has 0 N–H and O–H groups in total. The molecule has 1 aromatic heterocycles. The molecule has 0 aliphatic heterocycles. The average Bonchev–Trinajstić information content (AvgIpc) is 3.26. The van der Waals surface area contributed by atoms with Crippen molar-refractivity contribution in [3.8, 4) is 17.1 Å². The van der Waals surface area contributed by atoms with Gasteiger partial charge in [0, 0.05) is 17.0 Å². The van der Waals surface area contributed by atoms with E-state index >= 15 is 4.39 Å². The molecule has 1 atom stereocenters.